The Kier molecular flexibility index (Phi) is 3.62. The number of aromatic carboxylic acids is 1. The van der Waals surface area contributed by atoms with Crippen molar-refractivity contribution in [3.63, 3.8) is 0 Å². The van der Waals surface area contributed by atoms with E-state index in [0.717, 1.165) is 10.7 Å². The molecule has 5 heteroatoms. The summed E-state index contributed by atoms with van der Waals surface area (Å²) in [7, 11) is 0. The van der Waals surface area contributed by atoms with Crippen LogP contribution < -0.4 is 5.32 Å². The molecular formula is C13H14N2O2S. The van der Waals surface area contributed by atoms with E-state index in [1.165, 1.54) is 16.9 Å². The predicted octanol–water partition coefficient (Wildman–Crippen LogP) is 3.07. The number of nitrogens with one attached hydrogen (secondary N) is 1. The lowest BCUT2D eigenvalue weighted by atomic mass is 10.2. The third-order valence-electron chi connectivity index (χ3n) is 2.50. The van der Waals surface area contributed by atoms with Crippen LogP contribution in [0.25, 0.3) is 0 Å². The van der Waals surface area contributed by atoms with E-state index in [4.69, 9.17) is 5.11 Å². The molecule has 1 aromatic carbocycles. The quantitative estimate of drug-likeness (QED) is 0.889. The smallest absolute Gasteiger partial charge is 0.347 e. The van der Waals surface area contributed by atoms with Crippen LogP contribution in [0.2, 0.25) is 0 Å². The van der Waals surface area contributed by atoms with E-state index < -0.39 is 5.97 Å². The molecule has 0 atom stereocenters. The Morgan fingerprint density at radius 1 is 1.44 bits per heavy atom. The maximum Gasteiger partial charge on any atom is 0.347 e. The topological polar surface area (TPSA) is 62.2 Å². The first kappa shape index (κ1) is 12.6. The van der Waals surface area contributed by atoms with E-state index >= 15 is 0 Å². The number of carboxylic acid groups (broad SMARTS) is 1. The SMILES string of the molecule is Cc1cccc(NCc2nc(C)c(C(=O)O)s2)c1. The zero-order valence-corrected chi connectivity index (χ0v) is 11.0. The molecule has 0 bridgehead atoms. The average Bonchev–Trinajstić information content (AvgIpc) is 2.68. The molecule has 0 saturated carbocycles. The third-order valence-corrected chi connectivity index (χ3v) is 3.64. The van der Waals surface area contributed by atoms with Gasteiger partial charge in [-0.05, 0) is 31.5 Å². The molecule has 2 rings (SSSR count). The van der Waals surface area contributed by atoms with Gasteiger partial charge >= 0.3 is 5.97 Å². The van der Waals surface area contributed by atoms with Crippen molar-refractivity contribution < 1.29 is 9.90 Å². The molecule has 0 fully saturated rings. The van der Waals surface area contributed by atoms with Gasteiger partial charge in [-0.25, -0.2) is 9.78 Å². The Morgan fingerprint density at radius 3 is 2.83 bits per heavy atom. The molecule has 0 radical (unpaired) electrons. The molecule has 4 nitrogen and oxygen atoms in total. The number of rotatable bonds is 4. The number of carboxylic acids is 1. The van der Waals surface area contributed by atoms with Crippen LogP contribution >= 0.6 is 11.3 Å². The summed E-state index contributed by atoms with van der Waals surface area (Å²) in [5.41, 5.74) is 2.77. The Bertz CT molecular complexity index is 578. The predicted molar refractivity (Wildman–Crippen MR) is 72.3 cm³/mol. The summed E-state index contributed by atoms with van der Waals surface area (Å²) in [5, 5.41) is 13.0. The fraction of sp³-hybridized carbons (Fsp3) is 0.231. The highest BCUT2D eigenvalue weighted by Crippen LogP contribution is 2.19. The molecule has 94 valence electrons. The second-order valence-corrected chi connectivity index (χ2v) is 5.13. The number of benzene rings is 1. The average molecular weight is 262 g/mol. The Balaban J connectivity index is 2.06. The van der Waals surface area contributed by atoms with Gasteiger partial charge in [0.15, 0.2) is 0 Å². The van der Waals surface area contributed by atoms with Gasteiger partial charge in [-0.1, -0.05) is 12.1 Å². The number of nitrogens with zero attached hydrogens (tertiary/aromatic N) is 1. The van der Waals surface area contributed by atoms with Crippen LogP contribution in [-0.2, 0) is 6.54 Å². The van der Waals surface area contributed by atoms with Gasteiger partial charge in [0.25, 0.3) is 0 Å². The Morgan fingerprint density at radius 2 is 2.22 bits per heavy atom. The van der Waals surface area contributed by atoms with Crippen LogP contribution in [0, 0.1) is 13.8 Å². The number of carbonyl (C=O) groups is 1. The number of aromatic nitrogens is 1. The molecule has 0 unspecified atom stereocenters. The van der Waals surface area contributed by atoms with Crippen LogP contribution in [0.1, 0.15) is 25.9 Å². The molecule has 0 saturated heterocycles. The molecule has 0 aliphatic carbocycles. The van der Waals surface area contributed by atoms with E-state index in [1.807, 2.05) is 31.2 Å². The van der Waals surface area contributed by atoms with Gasteiger partial charge in [0.1, 0.15) is 9.88 Å². The van der Waals surface area contributed by atoms with Crippen molar-refractivity contribution in [1.82, 2.24) is 4.98 Å². The largest absolute Gasteiger partial charge is 0.477 e. The van der Waals surface area contributed by atoms with Gasteiger partial charge in [0.2, 0.25) is 0 Å². The number of anilines is 1. The zero-order valence-electron chi connectivity index (χ0n) is 10.2. The summed E-state index contributed by atoms with van der Waals surface area (Å²) in [6.07, 6.45) is 0. The van der Waals surface area contributed by atoms with Crippen molar-refractivity contribution in [2.75, 3.05) is 5.32 Å². The molecule has 2 aromatic rings. The number of thiazole rings is 1. The minimum absolute atomic E-state index is 0.316. The van der Waals surface area contributed by atoms with Gasteiger partial charge in [-0.3, -0.25) is 0 Å². The van der Waals surface area contributed by atoms with Crippen LogP contribution in [0.3, 0.4) is 0 Å². The second kappa shape index (κ2) is 5.18. The van der Waals surface area contributed by atoms with Gasteiger partial charge in [-0.15, -0.1) is 11.3 Å². The Hall–Kier alpha value is -1.88. The lowest BCUT2D eigenvalue weighted by molar-refractivity contribution is 0.0701. The van der Waals surface area contributed by atoms with Crippen LogP contribution in [0.5, 0.6) is 0 Å². The summed E-state index contributed by atoms with van der Waals surface area (Å²) in [6, 6.07) is 8.03. The van der Waals surface area contributed by atoms with E-state index in [-0.39, 0.29) is 0 Å². The summed E-state index contributed by atoms with van der Waals surface area (Å²) in [6.45, 7) is 4.29. The summed E-state index contributed by atoms with van der Waals surface area (Å²) >= 11 is 1.22. The number of aryl methyl sites for hydroxylation is 2. The molecule has 0 amide bonds. The van der Waals surface area contributed by atoms with Gasteiger partial charge in [-0.2, -0.15) is 0 Å². The minimum Gasteiger partial charge on any atom is -0.477 e. The summed E-state index contributed by atoms with van der Waals surface area (Å²) in [4.78, 5) is 15.5. The van der Waals surface area contributed by atoms with E-state index in [1.54, 1.807) is 6.92 Å². The second-order valence-electron chi connectivity index (χ2n) is 4.05. The normalized spacial score (nSPS) is 10.3. The molecule has 0 aliphatic rings. The van der Waals surface area contributed by atoms with Crippen molar-refractivity contribution in [1.29, 1.82) is 0 Å². The minimum atomic E-state index is -0.910. The summed E-state index contributed by atoms with van der Waals surface area (Å²) in [5.74, 6) is -0.910. The van der Waals surface area contributed by atoms with Crippen LogP contribution in [0.15, 0.2) is 24.3 Å². The maximum atomic E-state index is 10.9. The highest BCUT2D eigenvalue weighted by Gasteiger charge is 2.13. The first-order valence-electron chi connectivity index (χ1n) is 5.56. The first-order chi connectivity index (χ1) is 8.56. The highest BCUT2D eigenvalue weighted by molar-refractivity contribution is 7.13. The van der Waals surface area contributed by atoms with E-state index in [9.17, 15) is 4.79 Å². The van der Waals surface area contributed by atoms with Gasteiger partial charge in [0, 0.05) is 5.69 Å². The van der Waals surface area contributed by atoms with E-state index in [0.29, 0.717) is 17.1 Å². The molecule has 1 aromatic heterocycles. The van der Waals surface area contributed by atoms with Crippen molar-refractivity contribution in [2.45, 2.75) is 20.4 Å². The lowest BCUT2D eigenvalue weighted by Crippen LogP contribution is -1.98. The zero-order chi connectivity index (χ0) is 13.1. The first-order valence-corrected chi connectivity index (χ1v) is 6.38. The highest BCUT2D eigenvalue weighted by atomic mass is 32.1. The molecule has 1 heterocycles. The molecule has 2 N–H and O–H groups in total. The molecule has 0 aliphatic heterocycles. The van der Waals surface area contributed by atoms with Crippen molar-refractivity contribution >= 4 is 23.0 Å². The van der Waals surface area contributed by atoms with Crippen molar-refractivity contribution in [2.24, 2.45) is 0 Å². The maximum absolute atomic E-state index is 10.9. The standard InChI is InChI=1S/C13H14N2O2S/c1-8-4-3-5-10(6-8)14-7-11-15-9(2)12(18-11)13(16)17/h3-6,14H,7H2,1-2H3,(H,16,17). The number of hydrogen-bond donors (Lipinski definition) is 2. The van der Waals surface area contributed by atoms with E-state index in [2.05, 4.69) is 10.3 Å². The fourth-order valence-electron chi connectivity index (χ4n) is 1.66. The van der Waals surface area contributed by atoms with Crippen molar-refractivity contribution in [3.05, 3.63) is 45.4 Å². The summed E-state index contributed by atoms with van der Waals surface area (Å²) < 4.78 is 0. The van der Waals surface area contributed by atoms with Gasteiger partial charge < -0.3 is 10.4 Å². The lowest BCUT2D eigenvalue weighted by Gasteiger charge is -2.04. The van der Waals surface area contributed by atoms with Crippen LogP contribution in [0.4, 0.5) is 5.69 Å². The third kappa shape index (κ3) is 2.87. The molecule has 18 heavy (non-hydrogen) atoms. The van der Waals surface area contributed by atoms with Crippen LogP contribution in [-0.4, -0.2) is 16.1 Å². The molecule has 0 spiro atoms. The Labute approximate surface area is 109 Å². The monoisotopic (exact) mass is 262 g/mol. The van der Waals surface area contributed by atoms with Crippen molar-refractivity contribution in [3.8, 4) is 0 Å². The molecular weight excluding hydrogens is 248 g/mol. The fourth-order valence-corrected chi connectivity index (χ4v) is 2.50. The van der Waals surface area contributed by atoms with Gasteiger partial charge in [0.05, 0.1) is 12.2 Å². The number of hydrogen-bond acceptors (Lipinski definition) is 4.